The fraction of sp³-hybridized carbons (Fsp3) is 0.348. The van der Waals surface area contributed by atoms with Gasteiger partial charge in [-0.3, -0.25) is 0 Å². The average molecular weight is 346 g/mol. The van der Waals surface area contributed by atoms with Gasteiger partial charge in [0.2, 0.25) is 0 Å². The zero-order valence-electron chi connectivity index (χ0n) is 15.2. The van der Waals surface area contributed by atoms with Gasteiger partial charge < -0.3 is 14.8 Å². The second kappa shape index (κ2) is 8.10. The van der Waals surface area contributed by atoms with Crippen LogP contribution in [-0.2, 0) is 5.54 Å². The monoisotopic (exact) mass is 346 g/mol. The average Bonchev–Trinajstić information content (AvgIpc) is 2.69. The maximum absolute atomic E-state index is 12.4. The molecule has 0 aliphatic heterocycles. The second-order valence-electron chi connectivity index (χ2n) is 6.75. The van der Waals surface area contributed by atoms with Crippen molar-refractivity contribution < 1.29 is 9.90 Å². The molecule has 0 aromatic heterocycles. The van der Waals surface area contributed by atoms with E-state index in [1.54, 1.807) is 6.92 Å². The Morgan fingerprint density at radius 2 is 1.46 bits per heavy atom. The first-order valence-corrected chi connectivity index (χ1v) is 9.25. The molecule has 0 N–H and O–H groups in total. The lowest BCUT2D eigenvalue weighted by Crippen LogP contribution is -2.59. The largest absolute Gasteiger partial charge is 0.530 e. The Hall–Kier alpha value is -2.73. The maximum Gasteiger partial charge on any atom is 0.154 e. The molecule has 3 heteroatoms. The van der Waals surface area contributed by atoms with Gasteiger partial charge in [-0.15, -0.1) is 5.92 Å². The second-order valence-corrected chi connectivity index (χ2v) is 6.75. The zero-order valence-corrected chi connectivity index (χ0v) is 15.2. The van der Waals surface area contributed by atoms with Crippen LogP contribution in [0.2, 0.25) is 0 Å². The van der Waals surface area contributed by atoms with Crippen molar-refractivity contribution in [1.29, 1.82) is 0 Å². The molecule has 0 radical (unpaired) electrons. The van der Waals surface area contributed by atoms with Crippen LogP contribution in [0.1, 0.15) is 50.2 Å². The summed E-state index contributed by atoms with van der Waals surface area (Å²) in [7, 11) is 0. The Morgan fingerprint density at radius 1 is 0.962 bits per heavy atom. The molecule has 1 amide bonds. The number of benzene rings is 2. The van der Waals surface area contributed by atoms with E-state index in [0.29, 0.717) is 0 Å². The number of carbonyl (C=O) groups is 1. The lowest BCUT2D eigenvalue weighted by Gasteiger charge is -2.48. The Bertz CT molecular complexity index is 744. The predicted molar refractivity (Wildman–Crippen MR) is 101 cm³/mol. The van der Waals surface area contributed by atoms with Gasteiger partial charge in [-0.1, -0.05) is 85.8 Å². The molecule has 0 spiro atoms. The summed E-state index contributed by atoms with van der Waals surface area (Å²) >= 11 is 0. The van der Waals surface area contributed by atoms with Crippen molar-refractivity contribution in [3.8, 4) is 11.8 Å². The zero-order chi connectivity index (χ0) is 18.4. The van der Waals surface area contributed by atoms with Crippen LogP contribution in [0.3, 0.4) is 0 Å². The minimum absolute atomic E-state index is 0.0880. The van der Waals surface area contributed by atoms with Crippen LogP contribution < -0.4 is 5.11 Å². The Labute approximate surface area is 155 Å². The lowest BCUT2D eigenvalue weighted by molar-refractivity contribution is -0.273. The number of hydrogen-bond acceptors (Lipinski definition) is 2. The molecule has 0 unspecified atom stereocenters. The molecule has 1 saturated carbocycles. The van der Waals surface area contributed by atoms with E-state index in [9.17, 15) is 9.90 Å². The van der Waals surface area contributed by atoms with E-state index in [-0.39, 0.29) is 6.04 Å². The molecule has 0 heterocycles. The van der Waals surface area contributed by atoms with E-state index < -0.39 is 11.6 Å². The first-order valence-electron chi connectivity index (χ1n) is 9.25. The van der Waals surface area contributed by atoms with Crippen LogP contribution in [-0.4, -0.2) is 17.0 Å². The fourth-order valence-corrected chi connectivity index (χ4v) is 4.09. The fourth-order valence-electron chi connectivity index (χ4n) is 4.09. The van der Waals surface area contributed by atoms with Crippen molar-refractivity contribution in [2.75, 3.05) is 0 Å². The molecule has 1 aliphatic carbocycles. The lowest BCUT2D eigenvalue weighted by atomic mass is 9.79. The third kappa shape index (κ3) is 3.32. The SMILES string of the molecule is CC#CC(c1ccccc1)(c1ccccc1)N(C(=O)[O-])C1CCCCC1. The van der Waals surface area contributed by atoms with Crippen molar-refractivity contribution in [3.05, 3.63) is 71.8 Å². The molecule has 1 aliphatic rings. The first-order chi connectivity index (χ1) is 12.7. The summed E-state index contributed by atoms with van der Waals surface area (Å²) in [5.74, 6) is 6.26. The van der Waals surface area contributed by atoms with Gasteiger partial charge in [0.05, 0.1) is 0 Å². The molecular formula is C23H24NO2-. The van der Waals surface area contributed by atoms with E-state index >= 15 is 0 Å². The molecule has 0 saturated heterocycles. The van der Waals surface area contributed by atoms with E-state index in [2.05, 4.69) is 11.8 Å². The van der Waals surface area contributed by atoms with Gasteiger partial charge in [-0.25, -0.2) is 0 Å². The third-order valence-electron chi connectivity index (χ3n) is 5.19. The summed E-state index contributed by atoms with van der Waals surface area (Å²) in [6.07, 6.45) is 3.76. The summed E-state index contributed by atoms with van der Waals surface area (Å²) in [4.78, 5) is 13.9. The van der Waals surface area contributed by atoms with Crippen LogP contribution in [0.15, 0.2) is 60.7 Å². The highest BCUT2D eigenvalue weighted by molar-refractivity contribution is 5.69. The highest BCUT2D eigenvalue weighted by atomic mass is 16.4. The quantitative estimate of drug-likeness (QED) is 0.787. The topological polar surface area (TPSA) is 43.4 Å². The smallest absolute Gasteiger partial charge is 0.154 e. The van der Waals surface area contributed by atoms with E-state index in [0.717, 1.165) is 43.2 Å². The molecule has 0 bridgehead atoms. The Balaban J connectivity index is 2.26. The van der Waals surface area contributed by atoms with Gasteiger partial charge in [0, 0.05) is 6.04 Å². The highest BCUT2D eigenvalue weighted by Crippen LogP contribution is 2.40. The number of nitrogens with zero attached hydrogens (tertiary/aromatic N) is 1. The highest BCUT2D eigenvalue weighted by Gasteiger charge is 2.42. The predicted octanol–water partition coefficient (Wildman–Crippen LogP) is 3.93. The number of rotatable bonds is 4. The van der Waals surface area contributed by atoms with Crippen LogP contribution in [0, 0.1) is 11.8 Å². The molecule has 3 nitrogen and oxygen atoms in total. The summed E-state index contributed by atoms with van der Waals surface area (Å²) in [6, 6.07) is 19.3. The molecule has 134 valence electrons. The number of carbonyl (C=O) groups excluding carboxylic acids is 1. The Morgan fingerprint density at radius 3 is 1.88 bits per heavy atom. The molecule has 3 rings (SSSR count). The number of hydrogen-bond donors (Lipinski definition) is 0. The van der Waals surface area contributed by atoms with Gasteiger partial charge >= 0.3 is 0 Å². The number of carboxylic acid groups (broad SMARTS) is 1. The van der Waals surface area contributed by atoms with Crippen LogP contribution in [0.4, 0.5) is 4.79 Å². The van der Waals surface area contributed by atoms with Crippen molar-refractivity contribution in [1.82, 2.24) is 4.90 Å². The van der Waals surface area contributed by atoms with Crippen molar-refractivity contribution in [3.63, 3.8) is 0 Å². The molecule has 26 heavy (non-hydrogen) atoms. The third-order valence-corrected chi connectivity index (χ3v) is 5.19. The van der Waals surface area contributed by atoms with Gasteiger partial charge in [-0.2, -0.15) is 0 Å². The number of amides is 1. The van der Waals surface area contributed by atoms with E-state index in [4.69, 9.17) is 0 Å². The molecule has 1 fully saturated rings. The van der Waals surface area contributed by atoms with Gasteiger partial charge in [0.1, 0.15) is 6.09 Å². The minimum atomic E-state index is -1.16. The molecule has 0 atom stereocenters. The normalized spacial score (nSPS) is 15.0. The van der Waals surface area contributed by atoms with Crippen LogP contribution >= 0.6 is 0 Å². The summed E-state index contributed by atoms with van der Waals surface area (Å²) in [6.45, 7) is 1.76. The molecular weight excluding hydrogens is 322 g/mol. The molecule has 2 aromatic carbocycles. The van der Waals surface area contributed by atoms with Crippen molar-refractivity contribution >= 4 is 6.09 Å². The standard InChI is InChI=1S/C23H25NO2/c1-2-18-23(19-12-6-3-7-13-19,20-14-8-4-9-15-20)24(22(25)26)21-16-10-5-11-17-21/h3-4,6-9,12-15,21H,5,10-11,16-17H2,1H3,(H,25,26)/p-1. The van der Waals surface area contributed by atoms with Gasteiger partial charge in [-0.05, 0) is 30.9 Å². The van der Waals surface area contributed by atoms with Crippen molar-refractivity contribution in [2.24, 2.45) is 0 Å². The molecule has 2 aromatic rings. The summed E-state index contributed by atoms with van der Waals surface area (Å²) in [5, 5.41) is 12.4. The van der Waals surface area contributed by atoms with E-state index in [1.165, 1.54) is 4.90 Å². The maximum atomic E-state index is 12.4. The summed E-state index contributed by atoms with van der Waals surface area (Å²) in [5.41, 5.74) is 0.656. The summed E-state index contributed by atoms with van der Waals surface area (Å²) < 4.78 is 0. The Kier molecular flexibility index (Phi) is 5.63. The van der Waals surface area contributed by atoms with E-state index in [1.807, 2.05) is 60.7 Å². The first kappa shape index (κ1) is 18.1. The van der Waals surface area contributed by atoms with Gasteiger partial charge in [0.25, 0.3) is 0 Å². The van der Waals surface area contributed by atoms with Crippen LogP contribution in [0.5, 0.6) is 0 Å². The van der Waals surface area contributed by atoms with Crippen molar-refractivity contribution in [2.45, 2.75) is 50.6 Å². The van der Waals surface area contributed by atoms with Gasteiger partial charge in [0.15, 0.2) is 5.54 Å². The van der Waals surface area contributed by atoms with Crippen LogP contribution in [0.25, 0.3) is 0 Å². The minimum Gasteiger partial charge on any atom is -0.530 e.